The summed E-state index contributed by atoms with van der Waals surface area (Å²) in [5.41, 5.74) is 2.31. The zero-order chi connectivity index (χ0) is 26.2. The van der Waals surface area contributed by atoms with Crippen molar-refractivity contribution in [1.82, 2.24) is 4.57 Å². The van der Waals surface area contributed by atoms with Gasteiger partial charge >= 0.3 is 0 Å². The SMILES string of the molecule is CC1=C(C(=O)Nc2ccccc2)[C@H](c2cccs2)n2c(s/c(=C/c3ccc(-c4cccc(Cl)c4)o3)c2=O)=N1. The number of nitrogens with one attached hydrogen (secondary N) is 1. The lowest BCUT2D eigenvalue weighted by Crippen LogP contribution is -2.40. The molecule has 0 radical (unpaired) electrons. The van der Waals surface area contributed by atoms with Crippen molar-refractivity contribution in [1.29, 1.82) is 0 Å². The van der Waals surface area contributed by atoms with Crippen LogP contribution in [0.3, 0.4) is 0 Å². The summed E-state index contributed by atoms with van der Waals surface area (Å²) < 4.78 is 8.08. The Morgan fingerprint density at radius 3 is 2.68 bits per heavy atom. The van der Waals surface area contributed by atoms with Crippen LogP contribution in [0.1, 0.15) is 23.6 Å². The highest BCUT2D eigenvalue weighted by atomic mass is 35.5. The summed E-state index contributed by atoms with van der Waals surface area (Å²) in [5.74, 6) is 0.900. The van der Waals surface area contributed by atoms with Gasteiger partial charge in [-0.2, -0.15) is 0 Å². The number of para-hydroxylation sites is 1. The van der Waals surface area contributed by atoms with Crippen molar-refractivity contribution >= 4 is 51.9 Å². The number of anilines is 1. The molecular formula is C29H20ClN3O3S2. The zero-order valence-electron chi connectivity index (χ0n) is 20.1. The maximum Gasteiger partial charge on any atom is 0.271 e. The molecule has 1 N–H and O–H groups in total. The van der Waals surface area contributed by atoms with Gasteiger partial charge in [-0.1, -0.05) is 59.3 Å². The molecule has 6 rings (SSSR count). The largest absolute Gasteiger partial charge is 0.457 e. The Kier molecular flexibility index (Phi) is 6.45. The van der Waals surface area contributed by atoms with Crippen molar-refractivity contribution in [3.63, 3.8) is 0 Å². The molecule has 0 saturated carbocycles. The normalized spacial score (nSPS) is 15.3. The highest BCUT2D eigenvalue weighted by Gasteiger charge is 2.33. The molecule has 6 nitrogen and oxygen atoms in total. The van der Waals surface area contributed by atoms with Crippen molar-refractivity contribution in [2.75, 3.05) is 5.32 Å². The van der Waals surface area contributed by atoms with E-state index in [0.29, 0.717) is 42.8 Å². The number of hydrogen-bond donors (Lipinski definition) is 1. The minimum atomic E-state index is -0.587. The third-order valence-corrected chi connectivity index (χ3v) is 8.26. The second-order valence-corrected chi connectivity index (χ2v) is 11.1. The molecule has 1 atom stereocenters. The lowest BCUT2D eigenvalue weighted by molar-refractivity contribution is -0.113. The first-order valence-electron chi connectivity index (χ1n) is 11.8. The predicted octanol–water partition coefficient (Wildman–Crippen LogP) is 5.85. The second kappa shape index (κ2) is 10.1. The fourth-order valence-electron chi connectivity index (χ4n) is 4.40. The molecule has 38 heavy (non-hydrogen) atoms. The Labute approximate surface area is 230 Å². The lowest BCUT2D eigenvalue weighted by Gasteiger charge is -2.24. The molecule has 3 aromatic heterocycles. The van der Waals surface area contributed by atoms with E-state index in [0.717, 1.165) is 10.4 Å². The summed E-state index contributed by atoms with van der Waals surface area (Å²) in [6.45, 7) is 1.81. The highest BCUT2D eigenvalue weighted by molar-refractivity contribution is 7.10. The Hall–Kier alpha value is -3.98. The summed E-state index contributed by atoms with van der Waals surface area (Å²) in [5, 5.41) is 5.51. The molecule has 0 saturated heterocycles. The molecule has 0 unspecified atom stereocenters. The minimum Gasteiger partial charge on any atom is -0.457 e. The first-order valence-corrected chi connectivity index (χ1v) is 13.8. The van der Waals surface area contributed by atoms with E-state index in [1.807, 2.05) is 78.2 Å². The van der Waals surface area contributed by atoms with E-state index in [1.165, 1.54) is 22.7 Å². The standard InChI is InChI=1S/C29H20ClN3O3S2/c1-17-25(27(34)32-20-9-3-2-4-10-20)26(23-11-6-14-37-23)33-28(35)24(38-29(33)31-17)16-21-12-13-22(36-21)18-7-5-8-19(30)15-18/h2-16,26H,1H3,(H,32,34)/b24-16+/t26-/m0/s1. The molecule has 4 heterocycles. The minimum absolute atomic E-state index is 0.231. The van der Waals surface area contributed by atoms with Gasteiger partial charge in [-0.3, -0.25) is 14.2 Å². The van der Waals surface area contributed by atoms with Crippen LogP contribution in [0.4, 0.5) is 5.69 Å². The molecule has 0 bridgehead atoms. The quantitative estimate of drug-likeness (QED) is 0.294. The van der Waals surface area contributed by atoms with Crippen LogP contribution in [0, 0.1) is 0 Å². The van der Waals surface area contributed by atoms with E-state index < -0.39 is 6.04 Å². The number of halogens is 1. The lowest BCUT2D eigenvalue weighted by atomic mass is 10.0. The van der Waals surface area contributed by atoms with Gasteiger partial charge in [0.15, 0.2) is 4.80 Å². The summed E-state index contributed by atoms with van der Waals surface area (Å²) in [7, 11) is 0. The average Bonchev–Trinajstić information content (AvgIpc) is 3.66. The van der Waals surface area contributed by atoms with Gasteiger partial charge in [0.05, 0.1) is 15.8 Å². The van der Waals surface area contributed by atoms with Gasteiger partial charge in [-0.05, 0) is 54.8 Å². The molecule has 2 aromatic carbocycles. The van der Waals surface area contributed by atoms with Crippen LogP contribution in [0.25, 0.3) is 17.4 Å². The number of carbonyl (C=O) groups excluding carboxylic acids is 1. The first-order chi connectivity index (χ1) is 18.5. The molecule has 5 aromatic rings. The maximum atomic E-state index is 13.8. The van der Waals surface area contributed by atoms with Gasteiger partial charge in [0.2, 0.25) is 0 Å². The van der Waals surface area contributed by atoms with E-state index in [-0.39, 0.29) is 11.5 Å². The van der Waals surface area contributed by atoms with Crippen molar-refractivity contribution in [2.24, 2.45) is 4.99 Å². The number of aromatic nitrogens is 1. The number of rotatable bonds is 5. The first kappa shape index (κ1) is 24.4. The van der Waals surface area contributed by atoms with Crippen LogP contribution in [-0.2, 0) is 4.79 Å². The Balaban J connectivity index is 1.43. The number of furan rings is 1. The number of amides is 1. The van der Waals surface area contributed by atoms with Crippen LogP contribution >= 0.6 is 34.3 Å². The number of hydrogen-bond acceptors (Lipinski definition) is 6. The summed E-state index contributed by atoms with van der Waals surface area (Å²) in [4.78, 5) is 33.3. The molecule has 0 spiro atoms. The van der Waals surface area contributed by atoms with Crippen LogP contribution < -0.4 is 20.2 Å². The maximum absolute atomic E-state index is 13.8. The third-order valence-electron chi connectivity index (χ3n) is 6.12. The number of thiophene rings is 1. The van der Waals surface area contributed by atoms with Crippen molar-refractivity contribution in [2.45, 2.75) is 13.0 Å². The van der Waals surface area contributed by atoms with Gasteiger partial charge in [0.25, 0.3) is 11.5 Å². The van der Waals surface area contributed by atoms with Crippen LogP contribution in [0.2, 0.25) is 5.02 Å². The van der Waals surface area contributed by atoms with Gasteiger partial charge < -0.3 is 9.73 Å². The van der Waals surface area contributed by atoms with Gasteiger partial charge in [0, 0.05) is 27.2 Å². The predicted molar refractivity (Wildman–Crippen MR) is 152 cm³/mol. The molecule has 188 valence electrons. The number of carbonyl (C=O) groups is 1. The number of fused-ring (bicyclic) bond motifs is 1. The second-order valence-electron chi connectivity index (χ2n) is 8.63. The van der Waals surface area contributed by atoms with E-state index in [4.69, 9.17) is 16.0 Å². The third kappa shape index (κ3) is 4.58. The Morgan fingerprint density at radius 1 is 1.08 bits per heavy atom. The fraction of sp³-hybridized carbons (Fsp3) is 0.0690. The summed E-state index contributed by atoms with van der Waals surface area (Å²) >= 11 is 8.89. The molecule has 0 aliphatic carbocycles. The number of thiazole rings is 1. The molecule has 1 aliphatic heterocycles. The van der Waals surface area contributed by atoms with Crippen LogP contribution in [0.15, 0.2) is 110 Å². The Morgan fingerprint density at radius 2 is 1.92 bits per heavy atom. The Bertz CT molecular complexity index is 1870. The van der Waals surface area contributed by atoms with Gasteiger partial charge in [0.1, 0.15) is 17.6 Å². The van der Waals surface area contributed by atoms with Crippen molar-refractivity contribution < 1.29 is 9.21 Å². The smallest absolute Gasteiger partial charge is 0.271 e. The van der Waals surface area contributed by atoms with Gasteiger partial charge in [-0.15, -0.1) is 11.3 Å². The van der Waals surface area contributed by atoms with Crippen molar-refractivity contribution in [3.8, 4) is 11.3 Å². The van der Waals surface area contributed by atoms with Gasteiger partial charge in [-0.25, -0.2) is 4.99 Å². The average molecular weight is 558 g/mol. The highest BCUT2D eigenvalue weighted by Crippen LogP contribution is 2.33. The van der Waals surface area contributed by atoms with Crippen LogP contribution in [-0.4, -0.2) is 10.5 Å². The fourth-order valence-corrected chi connectivity index (χ4v) is 6.44. The molecular weight excluding hydrogens is 538 g/mol. The van der Waals surface area contributed by atoms with E-state index >= 15 is 0 Å². The number of nitrogens with zero attached hydrogens (tertiary/aromatic N) is 2. The molecule has 9 heteroatoms. The summed E-state index contributed by atoms with van der Waals surface area (Å²) in [6.07, 6.45) is 1.71. The van der Waals surface area contributed by atoms with E-state index in [2.05, 4.69) is 10.3 Å². The number of benzene rings is 2. The van der Waals surface area contributed by atoms with Crippen molar-refractivity contribution in [3.05, 3.63) is 131 Å². The van der Waals surface area contributed by atoms with E-state index in [1.54, 1.807) is 23.6 Å². The topological polar surface area (TPSA) is 76.6 Å². The molecule has 0 fully saturated rings. The molecule has 1 amide bonds. The van der Waals surface area contributed by atoms with Crippen LogP contribution in [0.5, 0.6) is 0 Å². The number of allylic oxidation sites excluding steroid dienone is 1. The monoisotopic (exact) mass is 557 g/mol. The zero-order valence-corrected chi connectivity index (χ0v) is 22.4. The molecule has 1 aliphatic rings. The van der Waals surface area contributed by atoms with E-state index in [9.17, 15) is 9.59 Å². The summed E-state index contributed by atoms with van der Waals surface area (Å²) in [6, 6.07) is 23.6.